The van der Waals surface area contributed by atoms with E-state index in [-0.39, 0.29) is 25.7 Å². The Balaban J connectivity index is 5.15. The molecular formula is C16H22Cl2N2O10. The summed E-state index contributed by atoms with van der Waals surface area (Å²) in [6, 6.07) is -2.77. The van der Waals surface area contributed by atoms with E-state index in [1.54, 1.807) is 0 Å². The van der Waals surface area contributed by atoms with Crippen LogP contribution in [0, 0.1) is 0 Å². The first-order valence-corrected chi connectivity index (χ1v) is 9.14. The van der Waals surface area contributed by atoms with Crippen molar-refractivity contribution >= 4 is 57.6 Å². The molecule has 0 radical (unpaired) electrons. The average molecular weight is 473 g/mol. The van der Waals surface area contributed by atoms with Gasteiger partial charge in [0.2, 0.25) is 12.2 Å². The number of methoxy groups -OCH3 is 2. The summed E-state index contributed by atoms with van der Waals surface area (Å²) in [5.41, 5.74) is 11.1. The summed E-state index contributed by atoms with van der Waals surface area (Å²) >= 11 is 10.7. The molecule has 0 saturated heterocycles. The van der Waals surface area contributed by atoms with Crippen molar-refractivity contribution in [2.24, 2.45) is 11.5 Å². The van der Waals surface area contributed by atoms with Gasteiger partial charge >= 0.3 is 23.9 Å². The number of rotatable bonds is 13. The molecule has 4 N–H and O–H groups in total. The molecule has 0 amide bonds. The standard InChI is InChI=1S/C16H22Cl2N2O10/c1-27-9(21)5-3-7(19)15(25)29-11(13(17)23)12(14(18)24)30-16(26)8(20)4-6-10(22)28-2/h7-8,11-12H,3-6,19-20H2,1-2H3/t7-,8-,11?,12?/m0/s1. The Hall–Kier alpha value is -2.28. The molecule has 0 aromatic heterocycles. The summed E-state index contributed by atoms with van der Waals surface area (Å²) < 4.78 is 18.3. The predicted octanol–water partition coefficient (Wildman–Crippen LogP) is -1.10. The molecule has 0 aliphatic rings. The Labute approximate surface area is 181 Å². The van der Waals surface area contributed by atoms with Crippen molar-refractivity contribution in [1.29, 1.82) is 0 Å². The molecule has 0 aromatic rings. The molecule has 12 nitrogen and oxygen atoms in total. The van der Waals surface area contributed by atoms with E-state index in [0.717, 1.165) is 14.2 Å². The Bertz CT molecular complexity index is 616. The third-order valence-corrected chi connectivity index (χ3v) is 4.02. The van der Waals surface area contributed by atoms with Gasteiger partial charge in [0.1, 0.15) is 12.1 Å². The van der Waals surface area contributed by atoms with E-state index in [2.05, 4.69) is 9.47 Å². The van der Waals surface area contributed by atoms with Crippen molar-refractivity contribution < 1.29 is 47.7 Å². The predicted molar refractivity (Wildman–Crippen MR) is 99.9 cm³/mol. The third kappa shape index (κ3) is 9.96. The number of carbonyl (C=O) groups excluding carboxylic acids is 6. The second-order valence-electron chi connectivity index (χ2n) is 5.77. The van der Waals surface area contributed by atoms with Gasteiger partial charge in [0, 0.05) is 12.8 Å². The second-order valence-corrected chi connectivity index (χ2v) is 6.51. The number of nitrogens with two attached hydrogens (primary N) is 2. The molecule has 0 heterocycles. The minimum absolute atomic E-state index is 0.202. The zero-order valence-corrected chi connectivity index (χ0v) is 17.6. The highest BCUT2D eigenvalue weighted by molar-refractivity contribution is 6.67. The van der Waals surface area contributed by atoms with Crippen LogP contribution in [0.5, 0.6) is 0 Å². The van der Waals surface area contributed by atoms with Crippen LogP contribution in [0.1, 0.15) is 25.7 Å². The first-order chi connectivity index (χ1) is 13.9. The lowest BCUT2D eigenvalue weighted by atomic mass is 10.1. The largest absolute Gasteiger partial charge is 0.469 e. The smallest absolute Gasteiger partial charge is 0.323 e. The van der Waals surface area contributed by atoms with Crippen molar-refractivity contribution in [2.75, 3.05) is 14.2 Å². The van der Waals surface area contributed by atoms with Gasteiger partial charge in [-0.2, -0.15) is 0 Å². The molecule has 0 saturated carbocycles. The molecule has 14 heteroatoms. The van der Waals surface area contributed by atoms with Crippen LogP contribution in [0.25, 0.3) is 0 Å². The van der Waals surface area contributed by atoms with Crippen LogP contribution in [-0.4, -0.2) is 72.9 Å². The van der Waals surface area contributed by atoms with Gasteiger partial charge in [0.25, 0.3) is 10.5 Å². The fraction of sp³-hybridized carbons (Fsp3) is 0.625. The molecule has 2 unspecified atom stereocenters. The Kier molecular flexibility index (Phi) is 12.8. The summed E-state index contributed by atoms with van der Waals surface area (Å²) in [6.45, 7) is 0. The maximum Gasteiger partial charge on any atom is 0.323 e. The van der Waals surface area contributed by atoms with Crippen molar-refractivity contribution in [1.82, 2.24) is 0 Å². The number of halogens is 2. The van der Waals surface area contributed by atoms with Gasteiger partial charge in [-0.3, -0.25) is 28.8 Å². The highest BCUT2D eigenvalue weighted by Gasteiger charge is 2.40. The second kappa shape index (κ2) is 13.9. The highest BCUT2D eigenvalue weighted by atomic mass is 35.5. The summed E-state index contributed by atoms with van der Waals surface area (Å²) in [5.74, 6) is -3.72. The van der Waals surface area contributed by atoms with E-state index < -0.39 is 58.7 Å². The average Bonchev–Trinajstić information content (AvgIpc) is 2.70. The number of ether oxygens (including phenoxy) is 4. The lowest BCUT2D eigenvalue weighted by Gasteiger charge is -2.24. The lowest BCUT2D eigenvalue weighted by molar-refractivity contribution is -0.173. The third-order valence-electron chi connectivity index (χ3n) is 3.59. The summed E-state index contributed by atoms with van der Waals surface area (Å²) in [6.07, 6.45) is -5.10. The number of hydrogen-bond acceptors (Lipinski definition) is 12. The zero-order valence-electron chi connectivity index (χ0n) is 16.1. The van der Waals surface area contributed by atoms with Crippen molar-refractivity contribution in [3.63, 3.8) is 0 Å². The molecule has 0 fully saturated rings. The Morgan fingerprint density at radius 1 is 0.700 bits per heavy atom. The quantitative estimate of drug-likeness (QED) is 0.187. The van der Waals surface area contributed by atoms with Crippen LogP contribution in [0.15, 0.2) is 0 Å². The van der Waals surface area contributed by atoms with Crippen LogP contribution in [-0.2, 0) is 47.7 Å². The van der Waals surface area contributed by atoms with E-state index >= 15 is 0 Å². The van der Waals surface area contributed by atoms with Crippen molar-refractivity contribution in [3.05, 3.63) is 0 Å². The molecule has 30 heavy (non-hydrogen) atoms. The van der Waals surface area contributed by atoms with Gasteiger partial charge in [-0.05, 0) is 36.0 Å². The van der Waals surface area contributed by atoms with E-state index in [1.807, 2.05) is 0 Å². The van der Waals surface area contributed by atoms with Crippen LogP contribution >= 0.6 is 23.2 Å². The molecule has 4 atom stereocenters. The summed E-state index contributed by atoms with van der Waals surface area (Å²) in [4.78, 5) is 69.6. The van der Waals surface area contributed by atoms with Gasteiger partial charge in [0.05, 0.1) is 14.2 Å². The summed E-state index contributed by atoms with van der Waals surface area (Å²) in [5, 5.41) is -2.78. The molecule has 0 aliphatic heterocycles. The van der Waals surface area contributed by atoms with Gasteiger partial charge in [-0.25, -0.2) is 0 Å². The van der Waals surface area contributed by atoms with Crippen LogP contribution < -0.4 is 11.5 Å². The molecule has 170 valence electrons. The van der Waals surface area contributed by atoms with Crippen LogP contribution in [0.4, 0.5) is 0 Å². The Morgan fingerprint density at radius 3 is 1.23 bits per heavy atom. The molecular weight excluding hydrogens is 451 g/mol. The van der Waals surface area contributed by atoms with Gasteiger partial charge in [-0.1, -0.05) is 0 Å². The first kappa shape index (κ1) is 27.7. The minimum atomic E-state index is -2.12. The van der Waals surface area contributed by atoms with E-state index in [1.165, 1.54) is 0 Å². The molecule has 0 rings (SSSR count). The van der Waals surface area contributed by atoms with Crippen LogP contribution in [0.2, 0.25) is 0 Å². The van der Waals surface area contributed by atoms with Crippen molar-refractivity contribution in [2.45, 2.75) is 50.0 Å². The van der Waals surface area contributed by atoms with E-state index in [9.17, 15) is 28.8 Å². The maximum atomic E-state index is 12.0. The highest BCUT2D eigenvalue weighted by Crippen LogP contribution is 2.15. The fourth-order valence-electron chi connectivity index (χ4n) is 1.87. The lowest BCUT2D eigenvalue weighted by Crippen LogP contribution is -2.48. The topological polar surface area (TPSA) is 191 Å². The zero-order chi connectivity index (χ0) is 23.4. The molecule has 0 aliphatic carbocycles. The molecule has 0 spiro atoms. The number of esters is 4. The number of carbonyl (C=O) groups is 6. The monoisotopic (exact) mass is 472 g/mol. The molecule has 0 aromatic carbocycles. The normalized spacial score (nSPS) is 14.5. The van der Waals surface area contributed by atoms with E-state index in [0.29, 0.717) is 0 Å². The maximum absolute atomic E-state index is 12.0. The fourth-order valence-corrected chi connectivity index (χ4v) is 2.18. The Morgan fingerprint density at radius 2 is 1.00 bits per heavy atom. The van der Waals surface area contributed by atoms with Gasteiger partial charge < -0.3 is 30.4 Å². The first-order valence-electron chi connectivity index (χ1n) is 8.39. The minimum Gasteiger partial charge on any atom is -0.469 e. The van der Waals surface area contributed by atoms with Crippen LogP contribution in [0.3, 0.4) is 0 Å². The molecule has 0 bridgehead atoms. The van der Waals surface area contributed by atoms with E-state index in [4.69, 9.17) is 44.1 Å². The van der Waals surface area contributed by atoms with Gasteiger partial charge in [-0.15, -0.1) is 0 Å². The van der Waals surface area contributed by atoms with Gasteiger partial charge in [0.15, 0.2) is 0 Å². The number of hydrogen-bond donors (Lipinski definition) is 2. The summed E-state index contributed by atoms with van der Waals surface area (Å²) in [7, 11) is 2.27. The van der Waals surface area contributed by atoms with Crippen molar-refractivity contribution in [3.8, 4) is 0 Å². The SMILES string of the molecule is COC(=O)CC[C@H](N)C(=O)OC(C(=O)Cl)C(OC(=O)[C@@H](N)CCC(=O)OC)C(=O)Cl.